The topological polar surface area (TPSA) is 61.5 Å². The van der Waals surface area contributed by atoms with Crippen LogP contribution in [-0.2, 0) is 22.4 Å². The van der Waals surface area contributed by atoms with Gasteiger partial charge in [0.2, 0.25) is 0 Å². The molecule has 0 fully saturated rings. The van der Waals surface area contributed by atoms with Gasteiger partial charge < -0.3 is 15.2 Å². The fraction of sp³-hybridized carbons (Fsp3) is 0.611. The van der Waals surface area contributed by atoms with Gasteiger partial charge in [-0.2, -0.15) is 0 Å². The summed E-state index contributed by atoms with van der Waals surface area (Å²) >= 11 is 0. The van der Waals surface area contributed by atoms with E-state index in [-0.39, 0.29) is 24.4 Å². The minimum absolute atomic E-state index is 0. The van der Waals surface area contributed by atoms with Crippen LogP contribution in [-0.4, -0.2) is 25.2 Å². The average molecular weight is 342 g/mol. The highest BCUT2D eigenvalue weighted by atomic mass is 35.5. The first-order chi connectivity index (χ1) is 10.7. The molecule has 1 aromatic carbocycles. The van der Waals surface area contributed by atoms with Crippen LogP contribution in [0, 0.1) is 0 Å². The first kappa shape index (κ1) is 19.8. The van der Waals surface area contributed by atoms with E-state index in [9.17, 15) is 4.79 Å². The molecule has 1 unspecified atom stereocenters. The second-order valence-electron chi connectivity index (χ2n) is 5.90. The Kier molecular flexibility index (Phi) is 9.03. The zero-order chi connectivity index (χ0) is 15.8. The lowest BCUT2D eigenvalue weighted by Crippen LogP contribution is -2.27. The van der Waals surface area contributed by atoms with Crippen LogP contribution in [0.2, 0.25) is 0 Å². The van der Waals surface area contributed by atoms with E-state index in [1.165, 1.54) is 11.1 Å². The maximum absolute atomic E-state index is 11.2. The molecule has 0 radical (unpaired) electrons. The Morgan fingerprint density at radius 2 is 2.09 bits per heavy atom. The molecule has 0 heterocycles. The Labute approximate surface area is 145 Å². The van der Waals surface area contributed by atoms with Crippen LogP contribution in [0.4, 0.5) is 0 Å². The third-order valence-corrected chi connectivity index (χ3v) is 4.04. The minimum atomic E-state index is -0.102. The van der Waals surface area contributed by atoms with Crippen molar-refractivity contribution in [3.63, 3.8) is 0 Å². The zero-order valence-corrected chi connectivity index (χ0v) is 14.7. The van der Waals surface area contributed by atoms with Gasteiger partial charge in [0.1, 0.15) is 5.75 Å². The fourth-order valence-corrected chi connectivity index (χ4v) is 2.82. The standard InChI is InChI=1S/C18H27NO3.ClH/c1-2-21-18(20)6-4-3-5-11-22-17-10-8-14-7-9-16(19)12-15(14)13-17;/h8,10,13,16H,2-7,9,11-12,19H2,1H3;1H. The van der Waals surface area contributed by atoms with Crippen LogP contribution in [0.1, 0.15) is 50.2 Å². The van der Waals surface area contributed by atoms with E-state index < -0.39 is 0 Å². The Morgan fingerprint density at radius 1 is 1.26 bits per heavy atom. The minimum Gasteiger partial charge on any atom is -0.494 e. The van der Waals surface area contributed by atoms with Crippen LogP contribution in [0.5, 0.6) is 5.75 Å². The largest absolute Gasteiger partial charge is 0.494 e. The molecule has 0 saturated heterocycles. The Balaban J connectivity index is 0.00000264. The van der Waals surface area contributed by atoms with Crippen molar-refractivity contribution in [2.45, 2.75) is 57.9 Å². The molecule has 2 rings (SSSR count). The number of hydrogen-bond donors (Lipinski definition) is 1. The molecule has 0 bridgehead atoms. The van der Waals surface area contributed by atoms with Gasteiger partial charge in [0.05, 0.1) is 13.2 Å². The molecule has 0 aromatic heterocycles. The van der Waals surface area contributed by atoms with E-state index in [2.05, 4.69) is 12.1 Å². The van der Waals surface area contributed by atoms with Gasteiger partial charge in [-0.3, -0.25) is 4.79 Å². The summed E-state index contributed by atoms with van der Waals surface area (Å²) in [6, 6.07) is 6.63. The van der Waals surface area contributed by atoms with E-state index in [0.717, 1.165) is 44.3 Å². The predicted molar refractivity (Wildman–Crippen MR) is 94.3 cm³/mol. The molecule has 0 amide bonds. The number of benzene rings is 1. The van der Waals surface area contributed by atoms with Gasteiger partial charge in [0, 0.05) is 12.5 Å². The third kappa shape index (κ3) is 6.80. The van der Waals surface area contributed by atoms with E-state index in [1.807, 2.05) is 13.0 Å². The normalized spacial score (nSPS) is 16.2. The van der Waals surface area contributed by atoms with Crippen LogP contribution < -0.4 is 10.5 Å². The van der Waals surface area contributed by atoms with E-state index >= 15 is 0 Å². The van der Waals surface area contributed by atoms with Crippen LogP contribution in [0.3, 0.4) is 0 Å². The van der Waals surface area contributed by atoms with Crippen molar-refractivity contribution >= 4 is 18.4 Å². The summed E-state index contributed by atoms with van der Waals surface area (Å²) in [5.74, 6) is 0.827. The van der Waals surface area contributed by atoms with Crippen molar-refractivity contribution in [1.82, 2.24) is 0 Å². The molecule has 4 nitrogen and oxygen atoms in total. The van der Waals surface area contributed by atoms with E-state index in [0.29, 0.717) is 19.6 Å². The fourth-order valence-electron chi connectivity index (χ4n) is 2.82. The first-order valence-corrected chi connectivity index (χ1v) is 8.35. The molecular weight excluding hydrogens is 314 g/mol. The van der Waals surface area contributed by atoms with Gasteiger partial charge in [-0.1, -0.05) is 6.07 Å². The van der Waals surface area contributed by atoms with Gasteiger partial charge in [0.25, 0.3) is 0 Å². The molecule has 1 aromatic rings. The van der Waals surface area contributed by atoms with Gasteiger partial charge in [-0.15, -0.1) is 12.4 Å². The van der Waals surface area contributed by atoms with E-state index in [4.69, 9.17) is 15.2 Å². The van der Waals surface area contributed by atoms with Crippen LogP contribution in [0.25, 0.3) is 0 Å². The van der Waals surface area contributed by atoms with Crippen molar-refractivity contribution in [2.75, 3.05) is 13.2 Å². The Bertz CT molecular complexity index is 493. The quantitative estimate of drug-likeness (QED) is 0.581. The third-order valence-electron chi connectivity index (χ3n) is 4.04. The molecule has 2 N–H and O–H groups in total. The van der Waals surface area contributed by atoms with Crippen molar-refractivity contribution < 1.29 is 14.3 Å². The lowest BCUT2D eigenvalue weighted by atomic mass is 9.89. The molecular formula is C18H28ClNO3. The van der Waals surface area contributed by atoms with Gasteiger partial charge >= 0.3 is 5.97 Å². The SMILES string of the molecule is CCOC(=O)CCCCCOc1ccc2c(c1)CC(N)CC2.Cl. The molecule has 130 valence electrons. The monoisotopic (exact) mass is 341 g/mol. The molecule has 1 aliphatic rings. The number of aryl methyl sites for hydroxylation is 1. The average Bonchev–Trinajstić information content (AvgIpc) is 2.50. The summed E-state index contributed by atoms with van der Waals surface area (Å²) in [5, 5.41) is 0. The molecule has 23 heavy (non-hydrogen) atoms. The molecule has 0 spiro atoms. The zero-order valence-electron chi connectivity index (χ0n) is 13.9. The molecule has 1 atom stereocenters. The van der Waals surface area contributed by atoms with Gasteiger partial charge in [-0.25, -0.2) is 0 Å². The summed E-state index contributed by atoms with van der Waals surface area (Å²) in [5.41, 5.74) is 8.76. The summed E-state index contributed by atoms with van der Waals surface area (Å²) in [6.07, 6.45) is 6.40. The maximum Gasteiger partial charge on any atom is 0.305 e. The number of unbranched alkanes of at least 4 members (excludes halogenated alkanes) is 2. The smallest absolute Gasteiger partial charge is 0.305 e. The van der Waals surface area contributed by atoms with Crippen molar-refractivity contribution in [1.29, 1.82) is 0 Å². The number of esters is 1. The molecule has 0 aliphatic heterocycles. The summed E-state index contributed by atoms with van der Waals surface area (Å²) in [4.78, 5) is 11.2. The van der Waals surface area contributed by atoms with Crippen molar-refractivity contribution in [3.8, 4) is 5.75 Å². The van der Waals surface area contributed by atoms with Gasteiger partial charge in [0.15, 0.2) is 0 Å². The second kappa shape index (κ2) is 10.5. The summed E-state index contributed by atoms with van der Waals surface area (Å²) in [6.45, 7) is 2.98. The van der Waals surface area contributed by atoms with Crippen molar-refractivity contribution in [3.05, 3.63) is 29.3 Å². The Morgan fingerprint density at radius 3 is 2.87 bits per heavy atom. The number of nitrogens with two attached hydrogens (primary N) is 1. The van der Waals surface area contributed by atoms with Crippen molar-refractivity contribution in [2.24, 2.45) is 5.73 Å². The Hall–Kier alpha value is -1.26. The number of fused-ring (bicyclic) bond motifs is 1. The first-order valence-electron chi connectivity index (χ1n) is 8.35. The molecule has 0 saturated carbocycles. The number of hydrogen-bond acceptors (Lipinski definition) is 4. The molecule has 1 aliphatic carbocycles. The van der Waals surface area contributed by atoms with Gasteiger partial charge in [-0.05, 0) is 68.7 Å². The molecule has 5 heteroatoms. The number of halogens is 1. The number of carbonyl (C=O) groups is 1. The highest BCUT2D eigenvalue weighted by molar-refractivity contribution is 5.85. The van der Waals surface area contributed by atoms with E-state index in [1.54, 1.807) is 0 Å². The lowest BCUT2D eigenvalue weighted by molar-refractivity contribution is -0.143. The number of ether oxygens (including phenoxy) is 2. The van der Waals surface area contributed by atoms with Crippen LogP contribution >= 0.6 is 12.4 Å². The summed E-state index contributed by atoms with van der Waals surface area (Å²) < 4.78 is 10.7. The predicted octanol–water partition coefficient (Wildman–Crippen LogP) is 3.43. The van der Waals surface area contributed by atoms with Crippen LogP contribution in [0.15, 0.2) is 18.2 Å². The lowest BCUT2D eigenvalue weighted by Gasteiger charge is -2.22. The second-order valence-corrected chi connectivity index (χ2v) is 5.90. The highest BCUT2D eigenvalue weighted by Crippen LogP contribution is 2.25. The number of carbonyl (C=O) groups excluding carboxylic acids is 1. The number of rotatable bonds is 8. The summed E-state index contributed by atoms with van der Waals surface area (Å²) in [7, 11) is 0. The maximum atomic E-state index is 11.2. The highest BCUT2D eigenvalue weighted by Gasteiger charge is 2.15.